The van der Waals surface area contributed by atoms with Crippen LogP contribution in [0.1, 0.15) is 66.0 Å². The number of hydrogen-bond donors (Lipinski definition) is 1. The second-order valence-electron chi connectivity index (χ2n) is 7.60. The Hall–Kier alpha value is -1.01. The smallest absolute Gasteiger partial charge is 0.242 e. The molecule has 1 aliphatic heterocycles. The topological polar surface area (TPSA) is 64.4 Å². The molecule has 0 saturated carbocycles. The van der Waals surface area contributed by atoms with Gasteiger partial charge in [-0.25, -0.2) is 0 Å². The fraction of sp³-hybridized carbons (Fsp3) is 0.778. The molecule has 2 heterocycles. The lowest BCUT2D eigenvalue weighted by molar-refractivity contribution is -0.117. The van der Waals surface area contributed by atoms with Crippen LogP contribution >= 0.6 is 11.8 Å². The monoisotopic (exact) mass is 354 g/mol. The summed E-state index contributed by atoms with van der Waals surface area (Å²) < 4.78 is 10.2. The quantitative estimate of drug-likeness (QED) is 0.787. The van der Waals surface area contributed by atoms with Crippen LogP contribution < -0.4 is 5.32 Å². The van der Waals surface area contributed by atoms with E-state index >= 15 is 0 Å². The maximum absolute atomic E-state index is 12.6. The van der Waals surface area contributed by atoms with E-state index in [4.69, 9.17) is 9.26 Å². The summed E-state index contributed by atoms with van der Waals surface area (Å²) in [6, 6.07) is 1.85. The van der Waals surface area contributed by atoms with Crippen molar-refractivity contribution in [2.24, 2.45) is 0 Å². The first kappa shape index (κ1) is 19.3. The second-order valence-corrected chi connectivity index (χ2v) is 9.53. The van der Waals surface area contributed by atoms with Gasteiger partial charge in [-0.15, -0.1) is 11.8 Å². The number of thioether (sulfide) groups is 1. The third-order valence-corrected chi connectivity index (χ3v) is 6.07. The van der Waals surface area contributed by atoms with Gasteiger partial charge in [0.15, 0.2) is 0 Å². The molecular formula is C18H30N2O3S. The number of nitrogens with one attached hydrogen (secondary N) is 1. The molecule has 136 valence electrons. The number of anilines is 1. The molecule has 0 spiro atoms. The molecule has 24 heavy (non-hydrogen) atoms. The number of carbonyl (C=O) groups excluding carboxylic acids is 1. The number of ether oxygens (including phenoxy) is 1. The average Bonchev–Trinajstić information content (AvgIpc) is 2.97. The summed E-state index contributed by atoms with van der Waals surface area (Å²) in [5.74, 6) is 0.384. The number of hydrogen-bond acceptors (Lipinski definition) is 5. The molecular weight excluding hydrogens is 324 g/mol. The Labute approximate surface area is 149 Å². The van der Waals surface area contributed by atoms with Crippen LogP contribution in [0.5, 0.6) is 0 Å². The van der Waals surface area contributed by atoms with Crippen molar-refractivity contribution in [2.45, 2.75) is 75.7 Å². The van der Waals surface area contributed by atoms with E-state index in [1.807, 2.05) is 19.9 Å². The summed E-state index contributed by atoms with van der Waals surface area (Å²) in [5, 5.41) is 7.50. The van der Waals surface area contributed by atoms with E-state index in [0.717, 1.165) is 44.6 Å². The Morgan fingerprint density at radius 2 is 2.00 bits per heavy atom. The molecule has 5 nitrogen and oxygen atoms in total. The molecule has 0 bridgehead atoms. The van der Waals surface area contributed by atoms with Gasteiger partial charge in [0.1, 0.15) is 0 Å². The molecule has 1 aromatic heterocycles. The number of carbonyl (C=O) groups is 1. The van der Waals surface area contributed by atoms with E-state index in [-0.39, 0.29) is 11.3 Å². The molecule has 1 aromatic rings. The average molecular weight is 355 g/mol. The normalized spacial score (nSPS) is 17.0. The second kappa shape index (κ2) is 7.91. The Balaban J connectivity index is 1.97. The van der Waals surface area contributed by atoms with Gasteiger partial charge in [0.05, 0.1) is 10.4 Å². The molecule has 0 atom stereocenters. The Morgan fingerprint density at radius 1 is 1.33 bits per heavy atom. The molecule has 0 radical (unpaired) electrons. The van der Waals surface area contributed by atoms with Crippen molar-refractivity contribution in [1.82, 2.24) is 5.16 Å². The first-order valence-corrected chi connectivity index (χ1v) is 9.67. The zero-order chi connectivity index (χ0) is 17.8. The van der Waals surface area contributed by atoms with Gasteiger partial charge < -0.3 is 9.26 Å². The first-order valence-electron chi connectivity index (χ1n) is 8.79. The third kappa shape index (κ3) is 4.99. The molecule has 0 aromatic carbocycles. The minimum Gasteiger partial charge on any atom is -0.381 e. The van der Waals surface area contributed by atoms with Gasteiger partial charge in [0.25, 0.3) is 0 Å². The number of rotatable bonds is 7. The summed E-state index contributed by atoms with van der Waals surface area (Å²) in [5.41, 5.74) is 0.836. The van der Waals surface area contributed by atoms with E-state index in [2.05, 4.69) is 31.2 Å². The highest BCUT2D eigenvalue weighted by Crippen LogP contribution is 2.35. The molecule has 0 unspecified atom stereocenters. The maximum atomic E-state index is 12.6. The molecule has 1 aliphatic rings. The zero-order valence-electron chi connectivity index (χ0n) is 15.5. The standard InChI is InChI=1S/C18H30N2O3S/c1-6-9-17(2,3)14-12-15(23-20-14)19-16(21)18(4,5)24-13-7-10-22-11-8-13/h12-13H,6-11H2,1-5H3,(H,19,21). The molecule has 1 saturated heterocycles. The summed E-state index contributed by atoms with van der Waals surface area (Å²) in [6.07, 6.45) is 4.10. The predicted molar refractivity (Wildman–Crippen MR) is 98.6 cm³/mol. The van der Waals surface area contributed by atoms with Crippen LogP contribution in [0.4, 0.5) is 5.88 Å². The van der Waals surface area contributed by atoms with Crippen LogP contribution in [-0.2, 0) is 14.9 Å². The summed E-state index contributed by atoms with van der Waals surface area (Å²) in [6.45, 7) is 11.9. The Kier molecular flexibility index (Phi) is 6.37. The van der Waals surface area contributed by atoms with Crippen molar-refractivity contribution in [3.05, 3.63) is 11.8 Å². The molecule has 1 N–H and O–H groups in total. The summed E-state index contributed by atoms with van der Waals surface area (Å²) in [7, 11) is 0. The van der Waals surface area contributed by atoms with E-state index in [1.165, 1.54) is 0 Å². The lowest BCUT2D eigenvalue weighted by Crippen LogP contribution is -2.37. The van der Waals surface area contributed by atoms with Gasteiger partial charge in [-0.05, 0) is 33.1 Å². The van der Waals surface area contributed by atoms with Crippen molar-refractivity contribution < 1.29 is 14.1 Å². The van der Waals surface area contributed by atoms with Gasteiger partial charge in [-0.3, -0.25) is 10.1 Å². The molecule has 6 heteroatoms. The van der Waals surface area contributed by atoms with Crippen molar-refractivity contribution in [2.75, 3.05) is 18.5 Å². The van der Waals surface area contributed by atoms with Crippen LogP contribution in [0.2, 0.25) is 0 Å². The van der Waals surface area contributed by atoms with Gasteiger partial charge in [0, 0.05) is 29.9 Å². The largest absolute Gasteiger partial charge is 0.381 e. The van der Waals surface area contributed by atoms with E-state index in [0.29, 0.717) is 11.1 Å². The van der Waals surface area contributed by atoms with Crippen molar-refractivity contribution in [1.29, 1.82) is 0 Å². The highest BCUT2D eigenvalue weighted by atomic mass is 32.2. The predicted octanol–water partition coefficient (Wildman–Crippen LogP) is 4.38. The molecule has 1 amide bonds. The third-order valence-electron chi connectivity index (χ3n) is 4.49. The van der Waals surface area contributed by atoms with Gasteiger partial charge in [0.2, 0.25) is 11.8 Å². The molecule has 1 fully saturated rings. The van der Waals surface area contributed by atoms with Crippen molar-refractivity contribution in [3.8, 4) is 0 Å². The van der Waals surface area contributed by atoms with Crippen LogP contribution in [0.15, 0.2) is 10.6 Å². The fourth-order valence-electron chi connectivity index (χ4n) is 2.93. The van der Waals surface area contributed by atoms with Gasteiger partial charge in [-0.1, -0.05) is 32.3 Å². The van der Waals surface area contributed by atoms with Crippen molar-refractivity contribution in [3.63, 3.8) is 0 Å². The van der Waals surface area contributed by atoms with E-state index in [1.54, 1.807) is 11.8 Å². The molecule has 0 aliphatic carbocycles. The summed E-state index contributed by atoms with van der Waals surface area (Å²) in [4.78, 5) is 12.6. The Morgan fingerprint density at radius 3 is 2.62 bits per heavy atom. The lowest BCUT2D eigenvalue weighted by Gasteiger charge is -2.30. The highest BCUT2D eigenvalue weighted by Gasteiger charge is 2.33. The lowest BCUT2D eigenvalue weighted by atomic mass is 9.85. The van der Waals surface area contributed by atoms with Crippen LogP contribution in [0, 0.1) is 0 Å². The minimum atomic E-state index is -0.520. The van der Waals surface area contributed by atoms with Crippen LogP contribution in [0.25, 0.3) is 0 Å². The first-order chi connectivity index (χ1) is 11.2. The summed E-state index contributed by atoms with van der Waals surface area (Å²) >= 11 is 1.72. The number of nitrogens with zero attached hydrogens (tertiary/aromatic N) is 1. The number of aromatic nitrogens is 1. The van der Waals surface area contributed by atoms with Gasteiger partial charge in [-0.2, -0.15) is 0 Å². The van der Waals surface area contributed by atoms with Crippen LogP contribution in [-0.4, -0.2) is 34.3 Å². The van der Waals surface area contributed by atoms with E-state index in [9.17, 15) is 4.79 Å². The Bertz CT molecular complexity index is 548. The fourth-order valence-corrected chi connectivity index (χ4v) is 4.35. The van der Waals surface area contributed by atoms with Gasteiger partial charge >= 0.3 is 0 Å². The van der Waals surface area contributed by atoms with Crippen molar-refractivity contribution >= 4 is 23.6 Å². The zero-order valence-corrected chi connectivity index (χ0v) is 16.3. The molecule has 2 rings (SSSR count). The SMILES string of the molecule is CCCC(C)(C)c1cc(NC(=O)C(C)(C)SC2CCOCC2)on1. The minimum absolute atomic E-state index is 0.0463. The highest BCUT2D eigenvalue weighted by molar-refractivity contribution is 8.02. The number of amides is 1. The van der Waals surface area contributed by atoms with Crippen LogP contribution in [0.3, 0.4) is 0 Å². The van der Waals surface area contributed by atoms with E-state index < -0.39 is 4.75 Å². The maximum Gasteiger partial charge on any atom is 0.242 e.